The zero-order valence-corrected chi connectivity index (χ0v) is 10.6. The predicted molar refractivity (Wildman–Crippen MR) is 63.5 cm³/mol. The first kappa shape index (κ1) is 13.6. The topological polar surface area (TPSA) is 55.5 Å². The molecule has 0 aromatic heterocycles. The molecule has 0 saturated carbocycles. The van der Waals surface area contributed by atoms with Gasteiger partial charge in [0.2, 0.25) is 0 Å². The van der Waals surface area contributed by atoms with Crippen LogP contribution in [-0.4, -0.2) is 24.9 Å². The number of rotatable bonds is 5. The minimum Gasteiger partial charge on any atom is -0.388 e. The molecule has 0 fully saturated rings. The standard InChI is InChI=1S/C11H15BrFNO2/c1-16-6-8(14)5-11(15)9-3-2-7(13)4-10(9)12/h2-4,8,11,15H,5-6,14H2,1H3. The Hall–Kier alpha value is -0.490. The lowest BCUT2D eigenvalue weighted by molar-refractivity contribution is 0.121. The molecular formula is C11H15BrFNO2. The number of hydrogen-bond donors (Lipinski definition) is 2. The Bertz CT molecular complexity index is 349. The van der Waals surface area contributed by atoms with E-state index in [0.29, 0.717) is 23.1 Å². The van der Waals surface area contributed by atoms with Gasteiger partial charge in [0.05, 0.1) is 12.7 Å². The highest BCUT2D eigenvalue weighted by Crippen LogP contribution is 2.26. The smallest absolute Gasteiger partial charge is 0.124 e. The molecule has 2 atom stereocenters. The molecule has 3 N–H and O–H groups in total. The molecule has 0 saturated heterocycles. The molecule has 1 aromatic rings. The zero-order valence-electron chi connectivity index (χ0n) is 8.99. The maximum Gasteiger partial charge on any atom is 0.124 e. The third-order valence-corrected chi connectivity index (χ3v) is 2.92. The molecule has 0 spiro atoms. The lowest BCUT2D eigenvalue weighted by Gasteiger charge is -2.17. The van der Waals surface area contributed by atoms with E-state index in [-0.39, 0.29) is 11.9 Å². The van der Waals surface area contributed by atoms with Gasteiger partial charge in [0.25, 0.3) is 0 Å². The SMILES string of the molecule is COCC(N)CC(O)c1ccc(F)cc1Br. The first-order valence-corrected chi connectivity index (χ1v) is 5.71. The van der Waals surface area contributed by atoms with Gasteiger partial charge >= 0.3 is 0 Å². The minimum atomic E-state index is -0.722. The summed E-state index contributed by atoms with van der Waals surface area (Å²) in [6.07, 6.45) is -0.349. The number of aliphatic hydroxyl groups is 1. The van der Waals surface area contributed by atoms with Crippen LogP contribution in [0.2, 0.25) is 0 Å². The molecule has 0 radical (unpaired) electrons. The minimum absolute atomic E-state index is 0.239. The van der Waals surface area contributed by atoms with Gasteiger partial charge in [-0.25, -0.2) is 4.39 Å². The van der Waals surface area contributed by atoms with E-state index in [9.17, 15) is 9.50 Å². The first-order chi connectivity index (χ1) is 7.54. The second-order valence-corrected chi connectivity index (χ2v) is 4.49. The van der Waals surface area contributed by atoms with E-state index in [0.717, 1.165) is 0 Å². The van der Waals surface area contributed by atoms with E-state index in [1.165, 1.54) is 12.1 Å². The lowest BCUT2D eigenvalue weighted by Crippen LogP contribution is -2.27. The van der Waals surface area contributed by atoms with Gasteiger partial charge in [-0.15, -0.1) is 0 Å². The summed E-state index contributed by atoms with van der Waals surface area (Å²) in [5, 5.41) is 9.90. The van der Waals surface area contributed by atoms with E-state index in [2.05, 4.69) is 15.9 Å². The highest BCUT2D eigenvalue weighted by atomic mass is 79.9. The van der Waals surface area contributed by atoms with Crippen LogP contribution >= 0.6 is 15.9 Å². The highest BCUT2D eigenvalue weighted by Gasteiger charge is 2.15. The van der Waals surface area contributed by atoms with E-state index >= 15 is 0 Å². The Morgan fingerprint density at radius 1 is 1.56 bits per heavy atom. The summed E-state index contributed by atoms with van der Waals surface area (Å²) in [4.78, 5) is 0. The molecule has 5 heteroatoms. The maximum absolute atomic E-state index is 12.8. The largest absolute Gasteiger partial charge is 0.388 e. The summed E-state index contributed by atoms with van der Waals surface area (Å²) in [5.41, 5.74) is 6.36. The summed E-state index contributed by atoms with van der Waals surface area (Å²) < 4.78 is 18.3. The molecule has 0 aliphatic heterocycles. The van der Waals surface area contributed by atoms with Crippen molar-refractivity contribution in [3.05, 3.63) is 34.1 Å². The molecule has 0 heterocycles. The Morgan fingerprint density at radius 3 is 2.81 bits per heavy atom. The number of nitrogens with two attached hydrogens (primary N) is 1. The van der Waals surface area contributed by atoms with Crippen LogP contribution < -0.4 is 5.73 Å². The second-order valence-electron chi connectivity index (χ2n) is 3.63. The molecule has 3 nitrogen and oxygen atoms in total. The van der Waals surface area contributed by atoms with Crippen molar-refractivity contribution in [2.45, 2.75) is 18.6 Å². The van der Waals surface area contributed by atoms with E-state index < -0.39 is 6.10 Å². The quantitative estimate of drug-likeness (QED) is 0.872. The van der Waals surface area contributed by atoms with Crippen LogP contribution in [0.25, 0.3) is 0 Å². The molecule has 90 valence electrons. The highest BCUT2D eigenvalue weighted by molar-refractivity contribution is 9.10. The van der Waals surface area contributed by atoms with Crippen molar-refractivity contribution in [1.29, 1.82) is 0 Å². The van der Waals surface area contributed by atoms with Gasteiger partial charge in [0.1, 0.15) is 5.82 Å². The average Bonchev–Trinajstić information content (AvgIpc) is 2.17. The molecule has 1 aromatic carbocycles. The summed E-state index contributed by atoms with van der Waals surface area (Å²) in [5.74, 6) is -0.344. The third-order valence-electron chi connectivity index (χ3n) is 2.23. The molecule has 2 unspecified atom stereocenters. The monoisotopic (exact) mass is 291 g/mol. The number of ether oxygens (including phenoxy) is 1. The van der Waals surface area contributed by atoms with Crippen LogP contribution in [0.1, 0.15) is 18.1 Å². The van der Waals surface area contributed by atoms with Crippen LogP contribution in [0, 0.1) is 5.82 Å². The molecule has 0 aliphatic rings. The van der Waals surface area contributed by atoms with Crippen LogP contribution in [0.5, 0.6) is 0 Å². The lowest BCUT2D eigenvalue weighted by atomic mass is 10.0. The van der Waals surface area contributed by atoms with Gasteiger partial charge < -0.3 is 15.6 Å². The van der Waals surface area contributed by atoms with Crippen molar-refractivity contribution < 1.29 is 14.2 Å². The molecule has 0 amide bonds. The number of methoxy groups -OCH3 is 1. The number of hydrogen-bond acceptors (Lipinski definition) is 3. The molecule has 0 aliphatic carbocycles. The van der Waals surface area contributed by atoms with E-state index in [1.807, 2.05) is 0 Å². The van der Waals surface area contributed by atoms with Crippen LogP contribution in [0.15, 0.2) is 22.7 Å². The van der Waals surface area contributed by atoms with Crippen molar-refractivity contribution in [2.75, 3.05) is 13.7 Å². The third kappa shape index (κ3) is 3.83. The van der Waals surface area contributed by atoms with Crippen molar-refractivity contribution in [2.24, 2.45) is 5.73 Å². The van der Waals surface area contributed by atoms with Crippen LogP contribution in [0.4, 0.5) is 4.39 Å². The molecule has 0 bridgehead atoms. The summed E-state index contributed by atoms with van der Waals surface area (Å²) in [7, 11) is 1.56. The Balaban J connectivity index is 2.69. The normalized spacial score (nSPS) is 14.8. The summed E-state index contributed by atoms with van der Waals surface area (Å²) in [6.45, 7) is 0.385. The van der Waals surface area contributed by atoms with Gasteiger partial charge in [0, 0.05) is 17.6 Å². The fraction of sp³-hybridized carbons (Fsp3) is 0.455. The van der Waals surface area contributed by atoms with Gasteiger partial charge in [-0.1, -0.05) is 22.0 Å². The van der Waals surface area contributed by atoms with Crippen LogP contribution in [0.3, 0.4) is 0 Å². The van der Waals surface area contributed by atoms with Crippen molar-refractivity contribution >= 4 is 15.9 Å². The Labute approximate surface area is 103 Å². The number of benzene rings is 1. The first-order valence-electron chi connectivity index (χ1n) is 4.92. The molecular weight excluding hydrogens is 277 g/mol. The van der Waals surface area contributed by atoms with Gasteiger partial charge in [0.15, 0.2) is 0 Å². The summed E-state index contributed by atoms with van der Waals surface area (Å²) >= 11 is 3.20. The van der Waals surface area contributed by atoms with E-state index in [1.54, 1.807) is 13.2 Å². The Morgan fingerprint density at radius 2 is 2.25 bits per heavy atom. The average molecular weight is 292 g/mol. The van der Waals surface area contributed by atoms with Crippen molar-refractivity contribution in [1.82, 2.24) is 0 Å². The maximum atomic E-state index is 12.8. The number of halogens is 2. The zero-order chi connectivity index (χ0) is 12.1. The van der Waals surface area contributed by atoms with Gasteiger partial charge in [-0.2, -0.15) is 0 Å². The fourth-order valence-corrected chi connectivity index (χ4v) is 2.08. The Kier molecular flexibility index (Phi) is 5.34. The van der Waals surface area contributed by atoms with Crippen molar-refractivity contribution in [3.8, 4) is 0 Å². The predicted octanol–water partition coefficient (Wildman–Crippen LogP) is 1.99. The summed E-state index contributed by atoms with van der Waals surface area (Å²) in [6, 6.07) is 3.94. The van der Waals surface area contributed by atoms with Gasteiger partial charge in [-0.3, -0.25) is 0 Å². The second kappa shape index (κ2) is 6.30. The van der Waals surface area contributed by atoms with Crippen LogP contribution in [-0.2, 0) is 4.74 Å². The van der Waals surface area contributed by atoms with Gasteiger partial charge in [-0.05, 0) is 24.1 Å². The molecule has 16 heavy (non-hydrogen) atoms. The fourth-order valence-electron chi connectivity index (χ4n) is 1.47. The molecule has 1 rings (SSSR count). The number of aliphatic hydroxyl groups excluding tert-OH is 1. The van der Waals surface area contributed by atoms with Crippen molar-refractivity contribution in [3.63, 3.8) is 0 Å². The van der Waals surface area contributed by atoms with E-state index in [4.69, 9.17) is 10.5 Å².